The Balaban J connectivity index is 1.53. The Morgan fingerprint density at radius 3 is 3.08 bits per heavy atom. The van der Waals surface area contributed by atoms with Gasteiger partial charge in [0.05, 0.1) is 16.8 Å². The summed E-state index contributed by atoms with van der Waals surface area (Å²) in [5, 5.41) is 18.8. The molecule has 1 aliphatic rings. The summed E-state index contributed by atoms with van der Waals surface area (Å²) in [4.78, 5) is 26.2. The first-order valence-corrected chi connectivity index (χ1v) is 8.94. The highest BCUT2D eigenvalue weighted by Crippen LogP contribution is 2.31. The Morgan fingerprint density at radius 2 is 2.31 bits per heavy atom. The van der Waals surface area contributed by atoms with Crippen molar-refractivity contribution in [2.75, 3.05) is 16.8 Å². The number of fused-ring (bicyclic) bond motifs is 1. The summed E-state index contributed by atoms with van der Waals surface area (Å²) < 4.78 is 14.1. The van der Waals surface area contributed by atoms with Crippen LogP contribution in [0.5, 0.6) is 0 Å². The van der Waals surface area contributed by atoms with Crippen LogP contribution in [0.25, 0.3) is 10.9 Å². The quantitative estimate of drug-likeness (QED) is 0.728. The van der Waals surface area contributed by atoms with Gasteiger partial charge < -0.3 is 5.32 Å². The number of hydrogen-bond acceptors (Lipinski definition) is 6. The van der Waals surface area contributed by atoms with Crippen LogP contribution in [0.1, 0.15) is 18.4 Å². The fraction of sp³-hybridized carbons (Fsp3) is 0.312. The molecule has 2 aromatic heterocycles. The van der Waals surface area contributed by atoms with Crippen LogP contribution < -0.4 is 10.2 Å². The molecular weight excluding hydrogens is 359 g/mol. The van der Waals surface area contributed by atoms with Crippen LogP contribution in [-0.2, 0) is 16.0 Å². The summed E-state index contributed by atoms with van der Waals surface area (Å²) in [7, 11) is 0. The number of carbonyl (C=O) groups is 2. The first-order valence-electron chi connectivity index (χ1n) is 8.13. The molecule has 1 fully saturated rings. The molecule has 8 nitrogen and oxygen atoms in total. The van der Waals surface area contributed by atoms with Gasteiger partial charge in [0.15, 0.2) is 5.82 Å². The van der Waals surface area contributed by atoms with Crippen molar-refractivity contribution < 1.29 is 14.0 Å². The molecule has 26 heavy (non-hydrogen) atoms. The van der Waals surface area contributed by atoms with Crippen LogP contribution >= 0.6 is 11.3 Å². The number of H-pyrrole nitrogens is 1. The van der Waals surface area contributed by atoms with Crippen LogP contribution in [0.3, 0.4) is 0 Å². The largest absolute Gasteiger partial charge is 0.300 e. The van der Waals surface area contributed by atoms with E-state index in [1.807, 2.05) is 6.92 Å². The van der Waals surface area contributed by atoms with E-state index in [-0.39, 0.29) is 36.0 Å². The van der Waals surface area contributed by atoms with Crippen molar-refractivity contribution in [3.05, 3.63) is 29.0 Å². The fourth-order valence-corrected chi connectivity index (χ4v) is 3.63. The smallest absolute Gasteiger partial charge is 0.231 e. The van der Waals surface area contributed by atoms with Gasteiger partial charge in [-0.05, 0) is 18.6 Å². The number of halogens is 1. The number of anilines is 2. The average molecular weight is 374 g/mol. The zero-order valence-corrected chi connectivity index (χ0v) is 14.6. The minimum Gasteiger partial charge on any atom is -0.300 e. The van der Waals surface area contributed by atoms with Gasteiger partial charge in [0, 0.05) is 13.0 Å². The van der Waals surface area contributed by atoms with Gasteiger partial charge in [-0.2, -0.15) is 5.10 Å². The number of aromatic nitrogens is 4. The molecule has 2 amide bonds. The topological polar surface area (TPSA) is 104 Å². The van der Waals surface area contributed by atoms with Gasteiger partial charge in [-0.15, -0.1) is 10.2 Å². The molecule has 3 heterocycles. The second kappa shape index (κ2) is 6.45. The molecule has 0 radical (unpaired) electrons. The number of aromatic amines is 1. The Hall–Kier alpha value is -2.88. The third kappa shape index (κ3) is 2.81. The van der Waals surface area contributed by atoms with E-state index >= 15 is 0 Å². The molecule has 0 saturated carbocycles. The van der Waals surface area contributed by atoms with Crippen LogP contribution in [0.4, 0.5) is 15.3 Å². The first-order chi connectivity index (χ1) is 12.6. The summed E-state index contributed by atoms with van der Waals surface area (Å²) in [5.41, 5.74) is 0.502. The number of rotatable bonds is 4. The van der Waals surface area contributed by atoms with Gasteiger partial charge >= 0.3 is 0 Å². The van der Waals surface area contributed by atoms with E-state index in [1.54, 1.807) is 12.1 Å². The minimum absolute atomic E-state index is 0.0358. The predicted octanol–water partition coefficient (Wildman–Crippen LogP) is 2.11. The molecule has 2 N–H and O–H groups in total. The van der Waals surface area contributed by atoms with Crippen molar-refractivity contribution in [1.29, 1.82) is 0 Å². The molecule has 3 aromatic rings. The van der Waals surface area contributed by atoms with E-state index in [0.717, 1.165) is 11.4 Å². The van der Waals surface area contributed by atoms with Gasteiger partial charge in [-0.25, -0.2) is 4.39 Å². The molecule has 0 unspecified atom stereocenters. The van der Waals surface area contributed by atoms with E-state index in [9.17, 15) is 14.0 Å². The van der Waals surface area contributed by atoms with Crippen molar-refractivity contribution in [3.8, 4) is 0 Å². The fourth-order valence-electron chi connectivity index (χ4n) is 2.95. The maximum atomic E-state index is 14.1. The van der Waals surface area contributed by atoms with E-state index in [2.05, 4.69) is 25.7 Å². The lowest BCUT2D eigenvalue weighted by atomic mass is 10.1. The lowest BCUT2D eigenvalue weighted by Crippen LogP contribution is -2.28. The van der Waals surface area contributed by atoms with Crippen molar-refractivity contribution in [2.24, 2.45) is 5.92 Å². The molecule has 1 aliphatic heterocycles. The maximum Gasteiger partial charge on any atom is 0.231 e. The molecule has 4 rings (SSSR count). The lowest BCUT2D eigenvalue weighted by molar-refractivity contribution is -0.122. The summed E-state index contributed by atoms with van der Waals surface area (Å²) in [6.45, 7) is 2.09. The molecule has 0 spiro atoms. The van der Waals surface area contributed by atoms with Gasteiger partial charge in [0.1, 0.15) is 10.8 Å². The molecule has 1 atom stereocenters. The zero-order chi connectivity index (χ0) is 18.3. The van der Waals surface area contributed by atoms with Gasteiger partial charge in [0.2, 0.25) is 16.9 Å². The summed E-state index contributed by atoms with van der Waals surface area (Å²) in [6, 6.07) is 4.56. The van der Waals surface area contributed by atoms with Crippen molar-refractivity contribution >= 4 is 45.0 Å². The van der Waals surface area contributed by atoms with Crippen molar-refractivity contribution in [3.63, 3.8) is 0 Å². The number of carbonyl (C=O) groups excluding carboxylic acids is 2. The Morgan fingerprint density at radius 1 is 1.46 bits per heavy atom. The maximum absolute atomic E-state index is 14.1. The van der Waals surface area contributed by atoms with Crippen molar-refractivity contribution in [1.82, 2.24) is 20.4 Å². The van der Waals surface area contributed by atoms with Crippen LogP contribution in [0.2, 0.25) is 0 Å². The number of amides is 2. The number of nitrogens with one attached hydrogen (secondary N) is 2. The summed E-state index contributed by atoms with van der Waals surface area (Å²) in [5.74, 6) is -1.39. The Bertz CT molecular complexity index is 1000. The third-order valence-electron chi connectivity index (χ3n) is 4.27. The monoisotopic (exact) mass is 374 g/mol. The molecule has 1 aromatic carbocycles. The highest BCUT2D eigenvalue weighted by atomic mass is 32.1. The molecule has 0 bridgehead atoms. The number of aryl methyl sites for hydroxylation is 1. The Labute approximate surface area is 151 Å². The van der Waals surface area contributed by atoms with E-state index in [4.69, 9.17) is 0 Å². The van der Waals surface area contributed by atoms with Gasteiger partial charge in [0.25, 0.3) is 0 Å². The lowest BCUT2D eigenvalue weighted by Gasteiger charge is -2.14. The van der Waals surface area contributed by atoms with Crippen LogP contribution in [-0.4, -0.2) is 38.8 Å². The third-order valence-corrected chi connectivity index (χ3v) is 5.25. The number of nitrogens with zero attached hydrogens (tertiary/aromatic N) is 4. The minimum atomic E-state index is -0.560. The van der Waals surface area contributed by atoms with E-state index in [0.29, 0.717) is 10.6 Å². The summed E-state index contributed by atoms with van der Waals surface area (Å²) >= 11 is 1.30. The molecule has 10 heteroatoms. The van der Waals surface area contributed by atoms with E-state index < -0.39 is 11.7 Å². The second-order valence-electron chi connectivity index (χ2n) is 5.96. The predicted molar refractivity (Wildman–Crippen MR) is 94.4 cm³/mol. The van der Waals surface area contributed by atoms with E-state index in [1.165, 1.54) is 22.3 Å². The zero-order valence-electron chi connectivity index (χ0n) is 13.8. The van der Waals surface area contributed by atoms with Crippen LogP contribution in [0.15, 0.2) is 18.2 Å². The normalized spacial score (nSPS) is 17.2. The summed E-state index contributed by atoms with van der Waals surface area (Å²) in [6.07, 6.45) is 0.773. The molecule has 134 valence electrons. The molecule has 0 aliphatic carbocycles. The number of benzene rings is 1. The Kier molecular flexibility index (Phi) is 4.11. The van der Waals surface area contributed by atoms with Crippen molar-refractivity contribution in [2.45, 2.75) is 19.8 Å². The van der Waals surface area contributed by atoms with Crippen LogP contribution in [0, 0.1) is 11.7 Å². The number of hydrogen-bond donors (Lipinski definition) is 2. The molecular formula is C16H15FN6O2S. The van der Waals surface area contributed by atoms with Gasteiger partial charge in [-0.3, -0.25) is 19.6 Å². The highest BCUT2D eigenvalue weighted by molar-refractivity contribution is 7.15. The standard InChI is InChI=1S/C16H15FN6O2S/c1-2-11-20-22-16(26-11)18-15(25)8-6-12(24)23(7-8)14-13-9(17)4-3-5-10(13)19-21-14/h3-5,8H,2,6-7H2,1H3,(H,19,21)(H,18,22,25)/t8-/m1/s1. The highest BCUT2D eigenvalue weighted by Gasteiger charge is 2.37. The molecule has 1 saturated heterocycles. The first kappa shape index (κ1) is 16.6. The van der Waals surface area contributed by atoms with Gasteiger partial charge in [-0.1, -0.05) is 24.3 Å². The average Bonchev–Trinajstić information content (AvgIpc) is 3.33. The second-order valence-corrected chi connectivity index (χ2v) is 7.02. The SMILES string of the molecule is CCc1nnc(NC(=O)[C@@H]2CC(=O)N(c3n[nH]c4cccc(F)c34)C2)s1.